The number of rotatable bonds is 2. The third-order valence-electron chi connectivity index (χ3n) is 2.94. The van der Waals surface area contributed by atoms with Crippen LogP contribution in [0, 0.1) is 0 Å². The zero-order valence-electron chi connectivity index (χ0n) is 9.52. The standard InChI is InChI=1S/C12H13F3N2/c1-7(16-2)8-6-17-10-5-3-4-9(11(8)10)12(13,14)15/h3-7,16-17H,1-2H3. The summed E-state index contributed by atoms with van der Waals surface area (Å²) in [6.45, 7) is 1.83. The van der Waals surface area contributed by atoms with Gasteiger partial charge in [-0.05, 0) is 31.7 Å². The van der Waals surface area contributed by atoms with E-state index < -0.39 is 11.7 Å². The molecule has 2 nitrogen and oxygen atoms in total. The van der Waals surface area contributed by atoms with E-state index >= 15 is 0 Å². The van der Waals surface area contributed by atoms with E-state index in [0.29, 0.717) is 11.1 Å². The Morgan fingerprint density at radius 1 is 1.29 bits per heavy atom. The molecule has 17 heavy (non-hydrogen) atoms. The SMILES string of the molecule is CNC(C)c1c[nH]c2cccc(C(F)(F)F)c12. The lowest BCUT2D eigenvalue weighted by molar-refractivity contribution is -0.136. The van der Waals surface area contributed by atoms with Gasteiger partial charge in [0, 0.05) is 23.1 Å². The van der Waals surface area contributed by atoms with Gasteiger partial charge in [-0.15, -0.1) is 0 Å². The molecule has 0 fully saturated rings. The molecule has 0 aliphatic rings. The number of hydrogen-bond donors (Lipinski definition) is 2. The molecule has 2 aromatic rings. The molecular weight excluding hydrogens is 229 g/mol. The van der Waals surface area contributed by atoms with Crippen LogP contribution in [0.5, 0.6) is 0 Å². The van der Waals surface area contributed by atoms with Crippen molar-refractivity contribution in [1.29, 1.82) is 0 Å². The Morgan fingerprint density at radius 3 is 2.59 bits per heavy atom. The Kier molecular flexibility index (Phi) is 2.87. The highest BCUT2D eigenvalue weighted by Gasteiger charge is 2.33. The van der Waals surface area contributed by atoms with Crippen LogP contribution < -0.4 is 5.32 Å². The topological polar surface area (TPSA) is 27.8 Å². The van der Waals surface area contributed by atoms with Crippen molar-refractivity contribution >= 4 is 10.9 Å². The van der Waals surface area contributed by atoms with Gasteiger partial charge < -0.3 is 10.3 Å². The summed E-state index contributed by atoms with van der Waals surface area (Å²) in [4.78, 5) is 2.88. The smallest absolute Gasteiger partial charge is 0.361 e. The molecule has 0 saturated heterocycles. The van der Waals surface area contributed by atoms with Crippen molar-refractivity contribution in [3.05, 3.63) is 35.5 Å². The Morgan fingerprint density at radius 2 is 2.00 bits per heavy atom. The van der Waals surface area contributed by atoms with Crippen molar-refractivity contribution in [2.75, 3.05) is 7.05 Å². The average molecular weight is 242 g/mol. The fourth-order valence-corrected chi connectivity index (χ4v) is 1.94. The van der Waals surface area contributed by atoms with Gasteiger partial charge in [0.1, 0.15) is 0 Å². The molecule has 92 valence electrons. The molecule has 1 heterocycles. The molecule has 2 rings (SSSR count). The first-order valence-corrected chi connectivity index (χ1v) is 5.29. The van der Waals surface area contributed by atoms with Gasteiger partial charge in [-0.25, -0.2) is 0 Å². The first-order chi connectivity index (χ1) is 7.95. The number of aromatic amines is 1. The van der Waals surface area contributed by atoms with Crippen LogP contribution in [0.15, 0.2) is 24.4 Å². The fraction of sp³-hybridized carbons (Fsp3) is 0.333. The predicted molar refractivity (Wildman–Crippen MR) is 60.8 cm³/mol. The summed E-state index contributed by atoms with van der Waals surface area (Å²) in [5.74, 6) is 0. The van der Waals surface area contributed by atoms with Gasteiger partial charge in [0.25, 0.3) is 0 Å². The van der Waals surface area contributed by atoms with Crippen molar-refractivity contribution < 1.29 is 13.2 Å². The second-order valence-corrected chi connectivity index (χ2v) is 3.98. The molecule has 1 unspecified atom stereocenters. The number of H-pyrrole nitrogens is 1. The van der Waals surface area contributed by atoms with E-state index in [4.69, 9.17) is 0 Å². The Balaban J connectivity index is 2.72. The summed E-state index contributed by atoms with van der Waals surface area (Å²) in [6, 6.07) is 4.04. The van der Waals surface area contributed by atoms with E-state index in [1.54, 1.807) is 19.3 Å². The predicted octanol–water partition coefficient (Wildman–Crippen LogP) is 3.47. The first-order valence-electron chi connectivity index (χ1n) is 5.29. The van der Waals surface area contributed by atoms with Crippen LogP contribution in [-0.4, -0.2) is 12.0 Å². The highest BCUT2D eigenvalue weighted by Crippen LogP contribution is 2.37. The molecule has 1 aromatic carbocycles. The number of alkyl halides is 3. The van der Waals surface area contributed by atoms with Gasteiger partial charge in [0.2, 0.25) is 0 Å². The van der Waals surface area contributed by atoms with Crippen LogP contribution in [0.2, 0.25) is 0 Å². The summed E-state index contributed by atoms with van der Waals surface area (Å²) in [5.41, 5.74) is 0.556. The lowest BCUT2D eigenvalue weighted by Gasteiger charge is -2.13. The minimum atomic E-state index is -4.33. The fourth-order valence-electron chi connectivity index (χ4n) is 1.94. The van der Waals surface area contributed by atoms with E-state index in [2.05, 4.69) is 10.3 Å². The van der Waals surface area contributed by atoms with Crippen molar-refractivity contribution in [2.45, 2.75) is 19.1 Å². The van der Waals surface area contributed by atoms with Crippen LogP contribution in [-0.2, 0) is 6.18 Å². The van der Waals surface area contributed by atoms with E-state index in [9.17, 15) is 13.2 Å². The maximum Gasteiger partial charge on any atom is 0.417 e. The molecule has 1 aromatic heterocycles. The molecule has 0 radical (unpaired) electrons. The minimum absolute atomic E-state index is 0.132. The summed E-state index contributed by atoms with van der Waals surface area (Å²) in [5, 5.41) is 3.20. The van der Waals surface area contributed by atoms with Crippen LogP contribution in [0.3, 0.4) is 0 Å². The summed E-state index contributed by atoms with van der Waals surface area (Å²) < 4.78 is 38.7. The highest BCUT2D eigenvalue weighted by atomic mass is 19.4. The van der Waals surface area contributed by atoms with Crippen LogP contribution >= 0.6 is 0 Å². The second kappa shape index (κ2) is 4.07. The number of hydrogen-bond acceptors (Lipinski definition) is 1. The molecule has 0 bridgehead atoms. The van der Waals surface area contributed by atoms with Crippen LogP contribution in [0.4, 0.5) is 13.2 Å². The second-order valence-electron chi connectivity index (χ2n) is 3.98. The molecule has 0 amide bonds. The third-order valence-corrected chi connectivity index (χ3v) is 2.94. The van der Waals surface area contributed by atoms with Gasteiger partial charge in [-0.2, -0.15) is 13.2 Å². The van der Waals surface area contributed by atoms with Gasteiger partial charge in [0.05, 0.1) is 5.56 Å². The van der Waals surface area contributed by atoms with Gasteiger partial charge in [0.15, 0.2) is 0 Å². The minimum Gasteiger partial charge on any atom is -0.361 e. The third kappa shape index (κ3) is 2.02. The highest BCUT2D eigenvalue weighted by molar-refractivity contribution is 5.87. The number of aromatic nitrogens is 1. The molecule has 5 heteroatoms. The van der Waals surface area contributed by atoms with Gasteiger partial charge in [-0.1, -0.05) is 6.07 Å². The summed E-state index contributed by atoms with van der Waals surface area (Å²) in [7, 11) is 1.72. The maximum atomic E-state index is 12.9. The Hall–Kier alpha value is -1.49. The number of benzene rings is 1. The van der Waals surface area contributed by atoms with E-state index in [1.807, 2.05) is 6.92 Å². The summed E-state index contributed by atoms with van der Waals surface area (Å²) >= 11 is 0. The van der Waals surface area contributed by atoms with Crippen molar-refractivity contribution in [1.82, 2.24) is 10.3 Å². The van der Waals surface area contributed by atoms with Crippen molar-refractivity contribution in [3.8, 4) is 0 Å². The van der Waals surface area contributed by atoms with E-state index in [0.717, 1.165) is 6.07 Å². The molecule has 1 atom stereocenters. The zero-order chi connectivity index (χ0) is 12.6. The van der Waals surface area contributed by atoms with Gasteiger partial charge in [-0.3, -0.25) is 0 Å². The van der Waals surface area contributed by atoms with Gasteiger partial charge >= 0.3 is 6.18 Å². The average Bonchev–Trinajstić information content (AvgIpc) is 2.70. The molecule has 0 saturated carbocycles. The summed E-state index contributed by atoms with van der Waals surface area (Å²) in [6.07, 6.45) is -2.70. The van der Waals surface area contributed by atoms with Crippen molar-refractivity contribution in [3.63, 3.8) is 0 Å². The molecule has 0 spiro atoms. The normalized spacial score (nSPS) is 14.2. The number of fused-ring (bicyclic) bond motifs is 1. The largest absolute Gasteiger partial charge is 0.417 e. The van der Waals surface area contributed by atoms with Crippen molar-refractivity contribution in [2.24, 2.45) is 0 Å². The molecule has 2 N–H and O–H groups in total. The van der Waals surface area contributed by atoms with Crippen LogP contribution in [0.25, 0.3) is 10.9 Å². The zero-order valence-corrected chi connectivity index (χ0v) is 9.52. The number of nitrogens with one attached hydrogen (secondary N) is 2. The lowest BCUT2D eigenvalue weighted by Crippen LogP contribution is -2.13. The maximum absolute atomic E-state index is 12.9. The Bertz CT molecular complexity index is 528. The van der Waals surface area contributed by atoms with E-state index in [1.165, 1.54) is 6.07 Å². The molecular formula is C12H13F3N2. The van der Waals surface area contributed by atoms with Crippen LogP contribution in [0.1, 0.15) is 24.1 Å². The quantitative estimate of drug-likeness (QED) is 0.829. The Labute approximate surface area is 96.8 Å². The molecule has 0 aliphatic carbocycles. The monoisotopic (exact) mass is 242 g/mol. The molecule has 0 aliphatic heterocycles. The lowest BCUT2D eigenvalue weighted by atomic mass is 10.0. The first kappa shape index (κ1) is 12.0. The number of halogens is 3. The van der Waals surface area contributed by atoms with E-state index in [-0.39, 0.29) is 11.4 Å².